The number of nitrogens with one attached hydrogen (secondary N) is 2. The molecule has 2 aromatic heterocycles. The van der Waals surface area contributed by atoms with Crippen LogP contribution in [0.2, 0.25) is 0 Å². The minimum Gasteiger partial charge on any atom is -0.371 e. The summed E-state index contributed by atoms with van der Waals surface area (Å²) in [4.78, 5) is 4.55. The summed E-state index contributed by atoms with van der Waals surface area (Å²) in [6.07, 6.45) is 7.94. The van der Waals surface area contributed by atoms with Crippen LogP contribution in [0.1, 0.15) is 37.2 Å². The fraction of sp³-hybridized carbons (Fsp3) is 0.368. The molecular weight excluding hydrogens is 312 g/mol. The van der Waals surface area contributed by atoms with Crippen molar-refractivity contribution in [1.82, 2.24) is 14.6 Å². The van der Waals surface area contributed by atoms with Crippen LogP contribution in [0.5, 0.6) is 0 Å². The second-order valence-corrected chi connectivity index (χ2v) is 6.69. The third-order valence-electron chi connectivity index (χ3n) is 5.04. The molecule has 25 heavy (non-hydrogen) atoms. The highest BCUT2D eigenvalue weighted by molar-refractivity contribution is 5.81. The Morgan fingerprint density at radius 2 is 1.88 bits per heavy atom. The highest BCUT2D eigenvalue weighted by Crippen LogP contribution is 2.41. The first kappa shape index (κ1) is 15.9. The molecule has 0 aliphatic heterocycles. The van der Waals surface area contributed by atoms with Crippen LogP contribution in [0.15, 0.2) is 42.7 Å². The molecule has 0 spiro atoms. The van der Waals surface area contributed by atoms with Gasteiger partial charge in [-0.05, 0) is 43.7 Å². The fourth-order valence-corrected chi connectivity index (χ4v) is 3.74. The van der Waals surface area contributed by atoms with Crippen molar-refractivity contribution in [2.24, 2.45) is 5.73 Å². The number of anilines is 3. The lowest BCUT2D eigenvalue weighted by Gasteiger charge is -2.29. The van der Waals surface area contributed by atoms with Gasteiger partial charge in [-0.3, -0.25) is 0 Å². The molecule has 4 N–H and O–H groups in total. The summed E-state index contributed by atoms with van der Waals surface area (Å²) < 4.78 is 1.83. The van der Waals surface area contributed by atoms with E-state index >= 15 is 0 Å². The van der Waals surface area contributed by atoms with Crippen LogP contribution in [0, 0.1) is 0 Å². The fourth-order valence-electron chi connectivity index (χ4n) is 3.74. The van der Waals surface area contributed by atoms with Gasteiger partial charge in [0.25, 0.3) is 0 Å². The molecule has 1 saturated carbocycles. The minimum absolute atomic E-state index is 0.322. The van der Waals surface area contributed by atoms with Crippen LogP contribution >= 0.6 is 0 Å². The van der Waals surface area contributed by atoms with E-state index in [9.17, 15) is 0 Å². The molecule has 4 rings (SSSR count). The van der Waals surface area contributed by atoms with Gasteiger partial charge >= 0.3 is 0 Å². The lowest BCUT2D eigenvalue weighted by atomic mass is 9.81. The van der Waals surface area contributed by atoms with E-state index in [4.69, 9.17) is 10.8 Å². The molecule has 0 bridgehead atoms. The van der Waals surface area contributed by atoms with Crippen molar-refractivity contribution < 1.29 is 0 Å². The molecule has 0 amide bonds. The SMILES string of the molecule is CNc1nn2ccnc2c(Nc2ccccc2)c1C1CCC(N)CC1. The molecule has 130 valence electrons. The van der Waals surface area contributed by atoms with E-state index in [-0.39, 0.29) is 0 Å². The molecule has 3 aromatic rings. The number of hydrogen-bond donors (Lipinski definition) is 3. The Bertz CT molecular complexity index is 849. The Morgan fingerprint density at radius 3 is 2.60 bits per heavy atom. The van der Waals surface area contributed by atoms with Crippen molar-refractivity contribution in [3.63, 3.8) is 0 Å². The van der Waals surface area contributed by atoms with Crippen LogP contribution in [-0.4, -0.2) is 27.7 Å². The number of fused-ring (bicyclic) bond motifs is 1. The third kappa shape index (κ3) is 3.05. The molecule has 1 aliphatic carbocycles. The number of imidazole rings is 1. The number of rotatable bonds is 4. The van der Waals surface area contributed by atoms with E-state index in [0.29, 0.717) is 12.0 Å². The summed E-state index contributed by atoms with van der Waals surface area (Å²) in [5, 5.41) is 11.6. The molecular formula is C19H24N6. The third-order valence-corrected chi connectivity index (χ3v) is 5.04. The second-order valence-electron chi connectivity index (χ2n) is 6.69. The van der Waals surface area contributed by atoms with Gasteiger partial charge in [-0.2, -0.15) is 0 Å². The maximum atomic E-state index is 6.12. The van der Waals surface area contributed by atoms with Crippen molar-refractivity contribution in [3.05, 3.63) is 48.3 Å². The van der Waals surface area contributed by atoms with Crippen molar-refractivity contribution in [2.75, 3.05) is 17.7 Å². The van der Waals surface area contributed by atoms with Crippen LogP contribution in [0.4, 0.5) is 17.2 Å². The highest BCUT2D eigenvalue weighted by atomic mass is 15.3. The maximum absolute atomic E-state index is 6.12. The van der Waals surface area contributed by atoms with Gasteiger partial charge in [0.1, 0.15) is 0 Å². The zero-order valence-electron chi connectivity index (χ0n) is 14.4. The van der Waals surface area contributed by atoms with Gasteiger partial charge in [0, 0.05) is 36.7 Å². The largest absolute Gasteiger partial charge is 0.371 e. The Hall–Kier alpha value is -2.60. The highest BCUT2D eigenvalue weighted by Gasteiger charge is 2.27. The summed E-state index contributed by atoms with van der Waals surface area (Å²) >= 11 is 0. The molecule has 1 aromatic carbocycles. The van der Waals surface area contributed by atoms with Gasteiger partial charge < -0.3 is 16.4 Å². The molecule has 6 heteroatoms. The average molecular weight is 336 g/mol. The lowest BCUT2D eigenvalue weighted by molar-refractivity contribution is 0.396. The molecule has 1 aliphatic rings. The second kappa shape index (κ2) is 6.72. The van der Waals surface area contributed by atoms with Crippen molar-refractivity contribution in [2.45, 2.75) is 37.6 Å². The maximum Gasteiger partial charge on any atom is 0.177 e. The lowest BCUT2D eigenvalue weighted by Crippen LogP contribution is -2.26. The minimum atomic E-state index is 0.322. The first-order chi connectivity index (χ1) is 12.3. The van der Waals surface area contributed by atoms with Gasteiger partial charge in [-0.1, -0.05) is 18.2 Å². The van der Waals surface area contributed by atoms with Gasteiger partial charge in [-0.25, -0.2) is 9.50 Å². The zero-order chi connectivity index (χ0) is 17.2. The van der Waals surface area contributed by atoms with E-state index in [0.717, 1.165) is 48.5 Å². The summed E-state index contributed by atoms with van der Waals surface area (Å²) in [5.74, 6) is 1.34. The molecule has 0 atom stereocenters. The van der Waals surface area contributed by atoms with Gasteiger partial charge in [0.2, 0.25) is 0 Å². The molecule has 2 heterocycles. The van der Waals surface area contributed by atoms with Crippen molar-refractivity contribution in [1.29, 1.82) is 0 Å². The summed E-state index contributed by atoms with van der Waals surface area (Å²) in [6, 6.07) is 10.5. The summed E-state index contributed by atoms with van der Waals surface area (Å²) in [7, 11) is 1.93. The average Bonchev–Trinajstić information content (AvgIpc) is 3.12. The topological polar surface area (TPSA) is 80.3 Å². The molecule has 0 radical (unpaired) electrons. The van der Waals surface area contributed by atoms with Crippen LogP contribution in [0.25, 0.3) is 5.65 Å². The molecule has 1 fully saturated rings. The Balaban J connectivity index is 1.84. The van der Waals surface area contributed by atoms with Crippen molar-refractivity contribution in [3.8, 4) is 0 Å². The smallest absolute Gasteiger partial charge is 0.177 e. The Kier molecular flexibility index (Phi) is 4.28. The van der Waals surface area contributed by atoms with E-state index in [1.165, 1.54) is 5.56 Å². The first-order valence-electron chi connectivity index (χ1n) is 8.89. The quantitative estimate of drug-likeness (QED) is 0.679. The zero-order valence-corrected chi connectivity index (χ0v) is 14.4. The molecule has 0 saturated heterocycles. The van der Waals surface area contributed by atoms with E-state index < -0.39 is 0 Å². The Labute approximate surface area is 147 Å². The van der Waals surface area contributed by atoms with Crippen LogP contribution in [0.3, 0.4) is 0 Å². The monoisotopic (exact) mass is 336 g/mol. The van der Waals surface area contributed by atoms with Gasteiger partial charge in [0.05, 0.1) is 5.69 Å². The number of aromatic nitrogens is 3. The number of hydrogen-bond acceptors (Lipinski definition) is 5. The van der Waals surface area contributed by atoms with Crippen molar-refractivity contribution >= 4 is 22.8 Å². The Morgan fingerprint density at radius 1 is 1.12 bits per heavy atom. The predicted octanol–water partition coefficient (Wildman–Crippen LogP) is 3.50. The number of nitrogens with two attached hydrogens (primary N) is 1. The summed E-state index contributed by atoms with van der Waals surface area (Å²) in [5.41, 5.74) is 10.3. The van der Waals surface area contributed by atoms with Crippen LogP contribution < -0.4 is 16.4 Å². The number of benzene rings is 1. The predicted molar refractivity (Wildman–Crippen MR) is 101 cm³/mol. The van der Waals surface area contributed by atoms with E-state index in [1.807, 2.05) is 36.0 Å². The standard InChI is InChI=1S/C19H24N6/c1-21-18-16(13-7-9-14(20)10-8-13)17(19-22-11-12-25(19)24-18)23-15-5-3-2-4-6-15/h2-6,11-14,23H,7-10,20H2,1H3,(H,21,24). The number of para-hydroxylation sites is 1. The van der Waals surface area contributed by atoms with E-state index in [1.54, 1.807) is 6.20 Å². The summed E-state index contributed by atoms with van der Waals surface area (Å²) in [6.45, 7) is 0. The number of nitrogens with zero attached hydrogens (tertiary/aromatic N) is 3. The molecule has 0 unspecified atom stereocenters. The van der Waals surface area contributed by atoms with E-state index in [2.05, 4.69) is 27.8 Å². The molecule has 6 nitrogen and oxygen atoms in total. The van der Waals surface area contributed by atoms with Gasteiger partial charge in [0.15, 0.2) is 11.5 Å². The van der Waals surface area contributed by atoms with Gasteiger partial charge in [-0.15, -0.1) is 5.10 Å². The normalized spacial score (nSPS) is 20.6. The van der Waals surface area contributed by atoms with Crippen LogP contribution in [-0.2, 0) is 0 Å². The first-order valence-corrected chi connectivity index (χ1v) is 8.89.